The molecule has 1 aliphatic rings. The zero-order valence-electron chi connectivity index (χ0n) is 11.2. The minimum Gasteiger partial charge on any atom is -0.492 e. The molecule has 0 fully saturated rings. The molecule has 0 saturated heterocycles. The van der Waals surface area contributed by atoms with E-state index in [1.54, 1.807) is 6.07 Å². The molecule has 8 heteroatoms. The molecule has 0 spiro atoms. The Morgan fingerprint density at radius 3 is 3.05 bits per heavy atom. The Hall–Kier alpha value is -2.51. The Labute approximate surface area is 119 Å². The van der Waals surface area contributed by atoms with Crippen molar-refractivity contribution in [3.8, 4) is 5.75 Å². The number of rotatable bonds is 5. The Bertz CT molecular complexity index is 673. The number of aromatic nitrogens is 4. The van der Waals surface area contributed by atoms with E-state index in [2.05, 4.69) is 15.5 Å². The lowest BCUT2D eigenvalue weighted by Crippen LogP contribution is -2.12. The van der Waals surface area contributed by atoms with E-state index in [1.165, 1.54) is 10.7 Å². The molecular weight excluding hydrogens is 277 g/mol. The minimum absolute atomic E-state index is 0.134. The van der Waals surface area contributed by atoms with Crippen LogP contribution < -0.4 is 10.5 Å². The predicted octanol–water partition coefficient (Wildman–Crippen LogP) is 0.387. The van der Waals surface area contributed by atoms with Crippen LogP contribution >= 0.6 is 0 Å². The van der Waals surface area contributed by atoms with Gasteiger partial charge in [-0.1, -0.05) is 5.10 Å². The average Bonchev–Trinajstić information content (AvgIpc) is 3.06. The summed E-state index contributed by atoms with van der Waals surface area (Å²) in [6.45, 7) is 0.638. The number of anilines is 1. The molecule has 1 atom stereocenters. The molecule has 0 saturated carbocycles. The Balaban J connectivity index is 1.66. The molecule has 110 valence electrons. The summed E-state index contributed by atoms with van der Waals surface area (Å²) in [5.41, 5.74) is 6.98. The van der Waals surface area contributed by atoms with Gasteiger partial charge in [0.25, 0.3) is 0 Å². The van der Waals surface area contributed by atoms with E-state index >= 15 is 0 Å². The summed E-state index contributed by atoms with van der Waals surface area (Å²) in [5.74, 6) is 0.177. The topological polar surface area (TPSA) is 95.9 Å². The first-order valence-electron chi connectivity index (χ1n) is 6.58. The number of hydrogen-bond acceptors (Lipinski definition) is 6. The Morgan fingerprint density at radius 2 is 2.33 bits per heavy atom. The summed E-state index contributed by atoms with van der Waals surface area (Å²) in [6, 6.07) is 3.12. The monoisotopic (exact) mass is 291 g/mol. The molecule has 0 bridgehead atoms. The van der Waals surface area contributed by atoms with Gasteiger partial charge in [0.15, 0.2) is 0 Å². The summed E-state index contributed by atoms with van der Waals surface area (Å²) < 4.78 is 20.9. The Kier molecular flexibility index (Phi) is 3.51. The van der Waals surface area contributed by atoms with Crippen molar-refractivity contribution in [1.82, 2.24) is 20.2 Å². The number of benzene rings is 1. The highest BCUT2D eigenvalue weighted by atomic mass is 19.1. The van der Waals surface area contributed by atoms with Crippen molar-refractivity contribution >= 4 is 12.2 Å². The molecule has 1 aromatic heterocycles. The number of nitrogen functional groups attached to an aromatic ring is 1. The molecule has 0 amide bonds. The number of aldehydes is 1. The number of halogens is 1. The van der Waals surface area contributed by atoms with Gasteiger partial charge in [-0.3, -0.25) is 0 Å². The molecule has 7 nitrogen and oxygen atoms in total. The Morgan fingerprint density at radius 1 is 1.48 bits per heavy atom. The number of tetrazole rings is 1. The van der Waals surface area contributed by atoms with Crippen molar-refractivity contribution in [2.24, 2.45) is 5.92 Å². The molecule has 21 heavy (non-hydrogen) atoms. The maximum absolute atomic E-state index is 14.0. The van der Waals surface area contributed by atoms with E-state index in [-0.39, 0.29) is 24.3 Å². The largest absolute Gasteiger partial charge is 0.492 e. The van der Waals surface area contributed by atoms with Crippen molar-refractivity contribution in [1.29, 1.82) is 0 Å². The highest BCUT2D eigenvalue weighted by Crippen LogP contribution is 2.31. The number of nitrogens with zero attached hydrogens (tertiary/aromatic N) is 4. The first-order chi connectivity index (χ1) is 10.2. The van der Waals surface area contributed by atoms with Crippen LogP contribution in [0.2, 0.25) is 0 Å². The SMILES string of the molecule is Nc1nnnn1CCOc1cc(F)c2c(c1)CC(C=O)C2. The van der Waals surface area contributed by atoms with Gasteiger partial charge < -0.3 is 15.3 Å². The van der Waals surface area contributed by atoms with Crippen molar-refractivity contribution in [3.63, 3.8) is 0 Å². The third kappa shape index (κ3) is 2.69. The fraction of sp³-hybridized carbons (Fsp3) is 0.385. The predicted molar refractivity (Wildman–Crippen MR) is 71.1 cm³/mol. The van der Waals surface area contributed by atoms with Crippen LogP contribution in [0.4, 0.5) is 10.3 Å². The number of nitrogens with two attached hydrogens (primary N) is 1. The van der Waals surface area contributed by atoms with Crippen LogP contribution in [0.15, 0.2) is 12.1 Å². The van der Waals surface area contributed by atoms with E-state index in [0.29, 0.717) is 30.7 Å². The lowest BCUT2D eigenvalue weighted by atomic mass is 10.1. The number of hydrogen-bond donors (Lipinski definition) is 1. The molecule has 0 radical (unpaired) electrons. The van der Waals surface area contributed by atoms with Crippen LogP contribution in [-0.4, -0.2) is 33.1 Å². The molecule has 1 heterocycles. The van der Waals surface area contributed by atoms with Crippen molar-refractivity contribution in [2.75, 3.05) is 12.3 Å². The summed E-state index contributed by atoms with van der Waals surface area (Å²) >= 11 is 0. The fourth-order valence-corrected chi connectivity index (χ4v) is 2.49. The fourth-order valence-electron chi connectivity index (χ4n) is 2.49. The van der Waals surface area contributed by atoms with Crippen molar-refractivity contribution < 1.29 is 13.9 Å². The van der Waals surface area contributed by atoms with Crippen LogP contribution in [0.1, 0.15) is 11.1 Å². The van der Waals surface area contributed by atoms with E-state index in [9.17, 15) is 9.18 Å². The second-order valence-corrected chi connectivity index (χ2v) is 4.96. The van der Waals surface area contributed by atoms with Gasteiger partial charge in [0.1, 0.15) is 24.5 Å². The smallest absolute Gasteiger partial charge is 0.240 e. The van der Waals surface area contributed by atoms with E-state index in [1.807, 2.05) is 0 Å². The number of carbonyl (C=O) groups excluding carboxylic acids is 1. The van der Waals surface area contributed by atoms with Gasteiger partial charge in [-0.2, -0.15) is 0 Å². The second kappa shape index (κ2) is 5.47. The van der Waals surface area contributed by atoms with Crippen LogP contribution in [0, 0.1) is 11.7 Å². The van der Waals surface area contributed by atoms with Gasteiger partial charge in [0.05, 0.1) is 6.54 Å². The lowest BCUT2D eigenvalue weighted by Gasteiger charge is -2.09. The summed E-state index contributed by atoms with van der Waals surface area (Å²) in [4.78, 5) is 10.8. The van der Waals surface area contributed by atoms with E-state index < -0.39 is 0 Å². The van der Waals surface area contributed by atoms with Crippen LogP contribution in [0.3, 0.4) is 0 Å². The minimum atomic E-state index is -0.325. The quantitative estimate of drug-likeness (QED) is 0.800. The van der Waals surface area contributed by atoms with E-state index in [0.717, 1.165) is 11.8 Å². The molecule has 1 unspecified atom stereocenters. The lowest BCUT2D eigenvalue weighted by molar-refractivity contribution is -0.110. The van der Waals surface area contributed by atoms with Crippen molar-refractivity contribution in [3.05, 3.63) is 29.1 Å². The second-order valence-electron chi connectivity index (χ2n) is 4.96. The number of fused-ring (bicyclic) bond motifs is 1. The maximum Gasteiger partial charge on any atom is 0.240 e. The normalized spacial score (nSPS) is 16.7. The molecule has 1 aliphatic carbocycles. The van der Waals surface area contributed by atoms with E-state index in [4.69, 9.17) is 10.5 Å². The zero-order chi connectivity index (χ0) is 14.8. The first-order valence-corrected chi connectivity index (χ1v) is 6.58. The summed E-state index contributed by atoms with van der Waals surface area (Å²) in [5, 5.41) is 10.6. The van der Waals surface area contributed by atoms with Crippen LogP contribution in [0.25, 0.3) is 0 Å². The van der Waals surface area contributed by atoms with Gasteiger partial charge in [-0.25, -0.2) is 9.07 Å². The third-order valence-corrected chi connectivity index (χ3v) is 3.53. The first kappa shape index (κ1) is 13.5. The number of carbonyl (C=O) groups is 1. The summed E-state index contributed by atoms with van der Waals surface area (Å²) in [6.07, 6.45) is 1.90. The highest BCUT2D eigenvalue weighted by Gasteiger charge is 2.24. The highest BCUT2D eigenvalue weighted by molar-refractivity contribution is 5.59. The third-order valence-electron chi connectivity index (χ3n) is 3.53. The molecule has 2 aromatic rings. The van der Waals surface area contributed by atoms with Gasteiger partial charge >= 0.3 is 0 Å². The van der Waals surface area contributed by atoms with Gasteiger partial charge in [-0.05, 0) is 40.5 Å². The molecule has 2 N–H and O–H groups in total. The molecule has 0 aliphatic heterocycles. The van der Waals surface area contributed by atoms with Gasteiger partial charge in [0, 0.05) is 12.0 Å². The molecule has 1 aromatic carbocycles. The van der Waals surface area contributed by atoms with Gasteiger partial charge in [-0.15, -0.1) is 0 Å². The maximum atomic E-state index is 14.0. The molecule has 3 rings (SSSR count). The standard InChI is InChI=1S/C13H14FN5O2/c14-12-6-10(5-9-3-8(7-20)4-11(9)12)21-2-1-19-13(15)16-17-18-19/h5-8H,1-4H2,(H2,15,16,18). The van der Waals surface area contributed by atoms with Crippen molar-refractivity contribution in [2.45, 2.75) is 19.4 Å². The van der Waals surface area contributed by atoms with Crippen LogP contribution in [0.5, 0.6) is 5.75 Å². The average molecular weight is 291 g/mol. The van der Waals surface area contributed by atoms with Gasteiger partial charge in [0.2, 0.25) is 5.95 Å². The zero-order valence-corrected chi connectivity index (χ0v) is 11.2. The summed E-state index contributed by atoms with van der Waals surface area (Å²) in [7, 11) is 0. The molecular formula is C13H14FN5O2. The van der Waals surface area contributed by atoms with Crippen LogP contribution in [-0.2, 0) is 24.2 Å². The number of ether oxygens (including phenoxy) is 1.